The molecule has 2 aromatic rings. The van der Waals surface area contributed by atoms with Gasteiger partial charge < -0.3 is 15.0 Å². The van der Waals surface area contributed by atoms with Crippen LogP contribution >= 0.6 is 35.2 Å². The number of nitrogens with zero attached hydrogens (tertiary/aromatic N) is 2. The zero-order valence-corrected chi connectivity index (χ0v) is 17.1. The molecule has 2 heterocycles. The summed E-state index contributed by atoms with van der Waals surface area (Å²) in [6.45, 7) is 6.57. The van der Waals surface area contributed by atoms with Crippen molar-refractivity contribution in [3.05, 3.63) is 51.7 Å². The summed E-state index contributed by atoms with van der Waals surface area (Å²) in [5.41, 5.74) is 0.962. The van der Waals surface area contributed by atoms with Gasteiger partial charge in [-0.2, -0.15) is 0 Å². The van der Waals surface area contributed by atoms with Crippen molar-refractivity contribution in [3.63, 3.8) is 0 Å². The lowest BCUT2D eigenvalue weighted by atomic mass is 10.3. The van der Waals surface area contributed by atoms with Crippen molar-refractivity contribution in [2.24, 2.45) is 0 Å². The van der Waals surface area contributed by atoms with Crippen molar-refractivity contribution in [1.82, 2.24) is 9.80 Å². The highest BCUT2D eigenvalue weighted by molar-refractivity contribution is 7.80. The Morgan fingerprint density at radius 2 is 2.00 bits per heavy atom. The van der Waals surface area contributed by atoms with Crippen LogP contribution in [0.5, 0.6) is 0 Å². The number of ether oxygens (including phenoxy) is 1. The van der Waals surface area contributed by atoms with Gasteiger partial charge in [-0.3, -0.25) is 4.90 Å². The number of hydrogen-bond acceptors (Lipinski definition) is 4. The summed E-state index contributed by atoms with van der Waals surface area (Å²) in [6, 6.07) is 11.9. The van der Waals surface area contributed by atoms with Crippen molar-refractivity contribution >= 4 is 46.0 Å². The molecule has 0 amide bonds. The fourth-order valence-corrected chi connectivity index (χ4v) is 4.01. The van der Waals surface area contributed by atoms with E-state index in [9.17, 15) is 0 Å². The van der Waals surface area contributed by atoms with Gasteiger partial charge in [0.2, 0.25) is 0 Å². The maximum absolute atomic E-state index is 5.96. The molecule has 1 aromatic carbocycles. The molecule has 1 aliphatic rings. The molecule has 1 saturated heterocycles. The highest BCUT2D eigenvalue weighted by Crippen LogP contribution is 2.17. The Hall–Kier alpha value is -1.18. The Morgan fingerprint density at radius 1 is 1.23 bits per heavy atom. The number of thiophene rings is 1. The van der Waals surface area contributed by atoms with Crippen molar-refractivity contribution in [2.45, 2.75) is 13.0 Å². The van der Waals surface area contributed by atoms with Crippen LogP contribution < -0.4 is 5.32 Å². The molecule has 1 aromatic heterocycles. The number of hydrogen-bond donors (Lipinski definition) is 1. The Balaban J connectivity index is 1.56. The molecule has 0 saturated carbocycles. The van der Waals surface area contributed by atoms with Crippen LogP contribution in [0.3, 0.4) is 0 Å². The topological polar surface area (TPSA) is 27.7 Å². The van der Waals surface area contributed by atoms with Crippen LogP contribution in [-0.4, -0.2) is 54.3 Å². The molecule has 1 aliphatic heterocycles. The minimum absolute atomic E-state index is 0.724. The molecule has 0 unspecified atom stereocenters. The average Bonchev–Trinajstić information content (AvgIpc) is 3.17. The van der Waals surface area contributed by atoms with E-state index in [2.05, 4.69) is 32.6 Å². The van der Waals surface area contributed by atoms with Gasteiger partial charge in [0.05, 0.1) is 19.8 Å². The number of anilines is 1. The summed E-state index contributed by atoms with van der Waals surface area (Å²) < 4.78 is 5.42. The van der Waals surface area contributed by atoms with E-state index in [1.165, 1.54) is 4.88 Å². The molecule has 4 nitrogen and oxygen atoms in total. The molecule has 1 N–H and O–H groups in total. The van der Waals surface area contributed by atoms with Gasteiger partial charge in [-0.05, 0) is 54.4 Å². The second-order valence-corrected chi connectivity index (χ2v) is 8.10. The quantitative estimate of drug-likeness (QED) is 0.687. The predicted octanol–water partition coefficient (Wildman–Crippen LogP) is 4.32. The fourth-order valence-electron chi connectivity index (χ4n) is 2.89. The second-order valence-electron chi connectivity index (χ2n) is 6.25. The molecule has 26 heavy (non-hydrogen) atoms. The van der Waals surface area contributed by atoms with Gasteiger partial charge in [0.15, 0.2) is 5.11 Å². The first-order valence-electron chi connectivity index (χ1n) is 8.85. The average molecular weight is 410 g/mol. The van der Waals surface area contributed by atoms with E-state index in [-0.39, 0.29) is 0 Å². The van der Waals surface area contributed by atoms with Crippen molar-refractivity contribution in [2.75, 3.05) is 44.7 Å². The molecule has 7 heteroatoms. The van der Waals surface area contributed by atoms with Gasteiger partial charge in [-0.15, -0.1) is 11.3 Å². The van der Waals surface area contributed by atoms with Crippen LogP contribution in [0.25, 0.3) is 0 Å². The molecular formula is C19H24ClN3OS2. The number of halogens is 1. The van der Waals surface area contributed by atoms with E-state index in [0.717, 1.165) is 68.2 Å². The van der Waals surface area contributed by atoms with Crippen LogP contribution in [0.1, 0.15) is 11.3 Å². The summed E-state index contributed by atoms with van der Waals surface area (Å²) in [5, 5.41) is 6.92. The van der Waals surface area contributed by atoms with E-state index in [1.54, 1.807) is 11.3 Å². The maximum Gasteiger partial charge on any atom is 0.173 e. The Kier molecular flexibility index (Phi) is 7.70. The van der Waals surface area contributed by atoms with Crippen molar-refractivity contribution in [1.29, 1.82) is 0 Å². The van der Waals surface area contributed by atoms with Gasteiger partial charge in [0, 0.05) is 41.8 Å². The highest BCUT2D eigenvalue weighted by Gasteiger charge is 2.14. The highest BCUT2D eigenvalue weighted by atomic mass is 35.5. The van der Waals surface area contributed by atoms with E-state index < -0.39 is 0 Å². The van der Waals surface area contributed by atoms with Crippen molar-refractivity contribution in [3.8, 4) is 0 Å². The molecule has 3 rings (SSSR count). The maximum atomic E-state index is 5.96. The summed E-state index contributed by atoms with van der Waals surface area (Å²) in [6.07, 6.45) is 1.08. The Morgan fingerprint density at radius 3 is 2.69 bits per heavy atom. The van der Waals surface area contributed by atoms with E-state index in [1.807, 2.05) is 24.3 Å². The summed E-state index contributed by atoms with van der Waals surface area (Å²) >= 11 is 13.4. The normalized spacial score (nSPS) is 15.0. The van der Waals surface area contributed by atoms with E-state index in [4.69, 9.17) is 28.6 Å². The molecular weight excluding hydrogens is 386 g/mol. The standard InChI is InChI=1S/C19H24ClN3OS2/c20-16-4-6-17(7-5-16)21-19(25)23(15-18-3-1-14-26-18)9-2-8-22-10-12-24-13-11-22/h1,3-7,14H,2,8-13,15H2,(H,21,25). The molecule has 0 spiro atoms. The number of nitrogens with one attached hydrogen (secondary N) is 1. The Bertz CT molecular complexity index is 673. The number of thiocarbonyl (C=S) groups is 1. The third-order valence-corrected chi connectivity index (χ3v) is 5.79. The van der Waals surface area contributed by atoms with Crippen LogP contribution in [-0.2, 0) is 11.3 Å². The van der Waals surface area contributed by atoms with Gasteiger partial charge in [0.25, 0.3) is 0 Å². The van der Waals surface area contributed by atoms with Gasteiger partial charge in [-0.25, -0.2) is 0 Å². The van der Waals surface area contributed by atoms with E-state index >= 15 is 0 Å². The van der Waals surface area contributed by atoms with Crippen molar-refractivity contribution < 1.29 is 4.74 Å². The van der Waals surface area contributed by atoms with Crippen LogP contribution in [0.15, 0.2) is 41.8 Å². The van der Waals surface area contributed by atoms with Crippen LogP contribution in [0, 0.1) is 0 Å². The van der Waals surface area contributed by atoms with Gasteiger partial charge in [0.1, 0.15) is 0 Å². The monoisotopic (exact) mass is 409 g/mol. The largest absolute Gasteiger partial charge is 0.379 e. The predicted molar refractivity (Wildman–Crippen MR) is 114 cm³/mol. The van der Waals surface area contributed by atoms with Gasteiger partial charge >= 0.3 is 0 Å². The molecule has 140 valence electrons. The van der Waals surface area contributed by atoms with Crippen LogP contribution in [0.4, 0.5) is 5.69 Å². The zero-order chi connectivity index (χ0) is 18.2. The number of rotatable bonds is 7. The molecule has 0 bridgehead atoms. The first kappa shape index (κ1) is 19.6. The smallest absolute Gasteiger partial charge is 0.173 e. The first-order chi connectivity index (χ1) is 12.7. The third kappa shape index (κ3) is 6.21. The summed E-state index contributed by atoms with van der Waals surface area (Å²) in [4.78, 5) is 6.02. The number of morpholine rings is 1. The molecule has 0 radical (unpaired) electrons. The second kappa shape index (κ2) is 10.2. The SMILES string of the molecule is S=C(Nc1ccc(Cl)cc1)N(CCCN1CCOCC1)Cc1cccs1. The fraction of sp³-hybridized carbons (Fsp3) is 0.421. The first-order valence-corrected chi connectivity index (χ1v) is 10.5. The lowest BCUT2D eigenvalue weighted by molar-refractivity contribution is 0.0368. The molecule has 1 fully saturated rings. The Labute approximate surface area is 169 Å². The minimum atomic E-state index is 0.724. The minimum Gasteiger partial charge on any atom is -0.379 e. The lowest BCUT2D eigenvalue weighted by Crippen LogP contribution is -2.39. The number of benzene rings is 1. The summed E-state index contributed by atoms with van der Waals surface area (Å²) in [5.74, 6) is 0. The zero-order valence-electron chi connectivity index (χ0n) is 14.7. The van der Waals surface area contributed by atoms with Gasteiger partial charge in [-0.1, -0.05) is 17.7 Å². The molecule has 0 atom stereocenters. The van der Waals surface area contributed by atoms with Crippen LogP contribution in [0.2, 0.25) is 5.02 Å². The van der Waals surface area contributed by atoms with E-state index in [0.29, 0.717) is 0 Å². The summed E-state index contributed by atoms with van der Waals surface area (Å²) in [7, 11) is 0. The molecule has 0 aliphatic carbocycles. The lowest BCUT2D eigenvalue weighted by Gasteiger charge is -2.29. The third-order valence-electron chi connectivity index (χ3n) is 4.32.